The van der Waals surface area contributed by atoms with Crippen LogP contribution in [0, 0.1) is 0 Å². The molecule has 0 radical (unpaired) electrons. The van der Waals surface area contributed by atoms with Crippen LogP contribution in [-0.2, 0) is 0 Å². The molecule has 0 aromatic heterocycles. The quantitative estimate of drug-likeness (QED) is 0.541. The van der Waals surface area contributed by atoms with Crippen molar-refractivity contribution in [2.45, 2.75) is 6.04 Å². The highest BCUT2D eigenvalue weighted by atomic mass is 35.5. The van der Waals surface area contributed by atoms with Crippen LogP contribution >= 0.6 is 37.4 Å². The minimum atomic E-state index is -0.985. The van der Waals surface area contributed by atoms with Crippen LogP contribution in [0.5, 0.6) is 11.5 Å². The van der Waals surface area contributed by atoms with Crippen molar-refractivity contribution in [1.82, 2.24) is 0 Å². The van der Waals surface area contributed by atoms with Gasteiger partial charge in [0.2, 0.25) is 0 Å². The molecule has 0 bridgehead atoms. The van der Waals surface area contributed by atoms with Crippen molar-refractivity contribution in [3.05, 3.63) is 54.1 Å². The number of ether oxygens (including phenoxy) is 1. The molecule has 0 saturated heterocycles. The van der Waals surface area contributed by atoms with E-state index in [-0.39, 0.29) is 36.4 Å². The average Bonchev–Trinajstić information content (AvgIpc) is 2.53. The van der Waals surface area contributed by atoms with Crippen LogP contribution in [0.1, 0.15) is 10.4 Å². The van der Waals surface area contributed by atoms with Gasteiger partial charge >= 0.3 is 5.97 Å². The number of halogens is 2. The van der Waals surface area contributed by atoms with Gasteiger partial charge < -0.3 is 20.9 Å². The molecule has 0 unspecified atom stereocenters. The van der Waals surface area contributed by atoms with Gasteiger partial charge in [0.25, 0.3) is 0 Å². The number of carbonyl (C=O) groups is 1. The number of nitrogens with one attached hydrogen (secondary N) is 1. The van der Waals surface area contributed by atoms with Crippen LogP contribution in [0.3, 0.4) is 0 Å². The van der Waals surface area contributed by atoms with Gasteiger partial charge in [-0.05, 0) is 30.3 Å². The maximum Gasteiger partial charge on any atom is 0.335 e. The lowest BCUT2D eigenvalue weighted by Gasteiger charge is -2.12. The lowest BCUT2D eigenvalue weighted by Crippen LogP contribution is -2.30. The van der Waals surface area contributed by atoms with Crippen molar-refractivity contribution < 1.29 is 14.6 Å². The number of hydrogen-bond donors (Lipinski definition) is 4. The summed E-state index contributed by atoms with van der Waals surface area (Å²) in [7, 11) is 0. The number of hydrogen-bond acceptors (Lipinski definition) is 5. The Morgan fingerprint density at radius 1 is 1.17 bits per heavy atom. The summed E-state index contributed by atoms with van der Waals surface area (Å²) in [5.41, 5.74) is 6.87. The van der Waals surface area contributed by atoms with Crippen LogP contribution in [0.15, 0.2) is 48.5 Å². The summed E-state index contributed by atoms with van der Waals surface area (Å²) >= 11 is 4.14. The van der Waals surface area contributed by atoms with E-state index in [9.17, 15) is 4.79 Å². The molecule has 5 nitrogen and oxygen atoms in total. The molecular formula is C16H20Cl2N2O3S. The van der Waals surface area contributed by atoms with Crippen molar-refractivity contribution in [2.75, 3.05) is 17.6 Å². The van der Waals surface area contributed by atoms with E-state index < -0.39 is 5.97 Å². The normalized spacial score (nSPS) is 10.8. The lowest BCUT2D eigenvalue weighted by molar-refractivity contribution is 0.0696. The van der Waals surface area contributed by atoms with E-state index in [0.717, 1.165) is 5.69 Å². The smallest absolute Gasteiger partial charge is 0.335 e. The third-order valence-corrected chi connectivity index (χ3v) is 3.42. The van der Waals surface area contributed by atoms with E-state index in [1.165, 1.54) is 12.1 Å². The Morgan fingerprint density at radius 2 is 1.79 bits per heavy atom. The van der Waals surface area contributed by atoms with Crippen LogP contribution in [0.4, 0.5) is 5.69 Å². The van der Waals surface area contributed by atoms with Gasteiger partial charge in [0.1, 0.15) is 11.5 Å². The molecule has 0 fully saturated rings. The maximum atomic E-state index is 11.0. The zero-order valence-corrected chi connectivity index (χ0v) is 15.2. The van der Waals surface area contributed by atoms with Crippen molar-refractivity contribution in [3.8, 4) is 11.5 Å². The summed E-state index contributed by atoms with van der Waals surface area (Å²) in [6.07, 6.45) is 0. The van der Waals surface area contributed by atoms with Crippen molar-refractivity contribution in [1.29, 1.82) is 0 Å². The van der Waals surface area contributed by atoms with E-state index in [1.54, 1.807) is 18.2 Å². The second-order valence-electron chi connectivity index (χ2n) is 4.79. The van der Waals surface area contributed by atoms with Gasteiger partial charge in [0.15, 0.2) is 0 Å². The Hall–Kier alpha value is -1.60. The van der Waals surface area contributed by atoms with E-state index in [2.05, 4.69) is 17.9 Å². The van der Waals surface area contributed by atoms with E-state index >= 15 is 0 Å². The fourth-order valence-electron chi connectivity index (χ4n) is 1.81. The van der Waals surface area contributed by atoms with Gasteiger partial charge in [-0.3, -0.25) is 0 Å². The standard InChI is InChI=1S/C16H18N2O3S.2ClH/c17-12(10-22)9-18-13-4-2-6-15(8-13)21-14-5-1-3-11(7-14)16(19)20;;/h1-8,12,18,22H,9-10,17H2,(H,19,20);2*1H/t12-;;/m1../s1. The fraction of sp³-hybridized carbons (Fsp3) is 0.188. The van der Waals surface area contributed by atoms with Gasteiger partial charge in [0.05, 0.1) is 5.56 Å². The van der Waals surface area contributed by atoms with Crippen LogP contribution in [-0.4, -0.2) is 29.4 Å². The van der Waals surface area contributed by atoms with E-state index in [1.807, 2.05) is 18.2 Å². The van der Waals surface area contributed by atoms with Crippen LogP contribution in [0.25, 0.3) is 0 Å². The molecule has 1 atom stereocenters. The molecular weight excluding hydrogens is 371 g/mol. The van der Waals surface area contributed by atoms with Gasteiger partial charge in [-0.1, -0.05) is 12.1 Å². The molecule has 4 N–H and O–H groups in total. The first-order valence-corrected chi connectivity index (χ1v) is 7.43. The molecule has 0 aliphatic carbocycles. The highest BCUT2D eigenvalue weighted by molar-refractivity contribution is 7.80. The number of thiol groups is 1. The highest BCUT2D eigenvalue weighted by Gasteiger charge is 2.05. The predicted molar refractivity (Wildman–Crippen MR) is 105 cm³/mol. The lowest BCUT2D eigenvalue weighted by atomic mass is 10.2. The first-order chi connectivity index (χ1) is 10.6. The first-order valence-electron chi connectivity index (χ1n) is 6.80. The second kappa shape index (κ2) is 11.0. The minimum absolute atomic E-state index is 0. The highest BCUT2D eigenvalue weighted by Crippen LogP contribution is 2.24. The number of rotatable bonds is 7. The summed E-state index contributed by atoms with van der Waals surface area (Å²) in [5.74, 6) is 0.711. The number of nitrogens with two attached hydrogens (primary N) is 1. The Bertz CT molecular complexity index is 659. The van der Waals surface area contributed by atoms with Gasteiger partial charge in [-0.15, -0.1) is 24.8 Å². The van der Waals surface area contributed by atoms with Gasteiger partial charge in [-0.25, -0.2) is 4.79 Å². The molecule has 24 heavy (non-hydrogen) atoms. The fourth-order valence-corrected chi connectivity index (χ4v) is 1.94. The predicted octanol–water partition coefficient (Wildman–Crippen LogP) is 3.69. The number of aromatic carboxylic acids is 1. The largest absolute Gasteiger partial charge is 0.478 e. The molecule has 0 aliphatic heterocycles. The van der Waals surface area contributed by atoms with Gasteiger partial charge in [0, 0.05) is 30.1 Å². The topological polar surface area (TPSA) is 84.6 Å². The number of anilines is 1. The second-order valence-corrected chi connectivity index (χ2v) is 5.15. The average molecular weight is 391 g/mol. The van der Waals surface area contributed by atoms with Crippen LogP contribution in [0.2, 0.25) is 0 Å². The molecule has 0 amide bonds. The molecule has 0 spiro atoms. The Kier molecular flexibility index (Phi) is 10.3. The summed E-state index contributed by atoms with van der Waals surface area (Å²) in [6.45, 7) is 0.613. The first kappa shape index (κ1) is 22.4. The van der Waals surface area contributed by atoms with Crippen molar-refractivity contribution in [3.63, 3.8) is 0 Å². The molecule has 2 aromatic rings. The minimum Gasteiger partial charge on any atom is -0.478 e. The molecule has 0 heterocycles. The van der Waals surface area contributed by atoms with Gasteiger partial charge in [-0.2, -0.15) is 12.6 Å². The number of carboxylic acid groups (broad SMARTS) is 1. The zero-order valence-electron chi connectivity index (χ0n) is 12.7. The SMILES string of the molecule is Cl.Cl.N[C@@H](CS)CNc1cccc(Oc2cccc(C(=O)O)c2)c1. The molecule has 0 aliphatic rings. The van der Waals surface area contributed by atoms with E-state index in [0.29, 0.717) is 23.8 Å². The molecule has 2 aromatic carbocycles. The zero-order chi connectivity index (χ0) is 15.9. The molecule has 0 saturated carbocycles. The molecule has 8 heteroatoms. The van der Waals surface area contributed by atoms with Crippen molar-refractivity contribution in [2.24, 2.45) is 5.73 Å². The van der Waals surface area contributed by atoms with E-state index in [4.69, 9.17) is 15.6 Å². The Labute approximate surface area is 158 Å². The summed E-state index contributed by atoms with van der Waals surface area (Å²) in [4.78, 5) is 11.0. The third kappa shape index (κ3) is 6.88. The summed E-state index contributed by atoms with van der Waals surface area (Å²) in [5, 5.41) is 12.2. The third-order valence-electron chi connectivity index (χ3n) is 2.95. The van der Waals surface area contributed by atoms with Crippen molar-refractivity contribution >= 4 is 49.1 Å². The van der Waals surface area contributed by atoms with Crippen LogP contribution < -0.4 is 15.8 Å². The molecule has 132 valence electrons. The number of benzene rings is 2. The Morgan fingerprint density at radius 3 is 2.42 bits per heavy atom. The summed E-state index contributed by atoms with van der Waals surface area (Å²) < 4.78 is 5.69. The Balaban J connectivity index is 0.00000264. The maximum absolute atomic E-state index is 11.0. The molecule has 2 rings (SSSR count). The summed E-state index contributed by atoms with van der Waals surface area (Å²) in [6, 6.07) is 13.7. The monoisotopic (exact) mass is 390 g/mol. The number of carboxylic acids is 1.